The van der Waals surface area contributed by atoms with E-state index in [4.69, 9.17) is 9.47 Å². The molecule has 5 nitrogen and oxygen atoms in total. The zero-order chi connectivity index (χ0) is 15.5. The first-order valence-electron chi connectivity index (χ1n) is 7.51. The molecule has 5 heteroatoms. The summed E-state index contributed by atoms with van der Waals surface area (Å²) in [6.07, 6.45) is 2.54. The Morgan fingerprint density at radius 1 is 1.36 bits per heavy atom. The highest BCUT2D eigenvalue weighted by atomic mass is 16.6. The minimum atomic E-state index is -0.345. The highest BCUT2D eigenvalue weighted by Gasteiger charge is 2.40. The molecule has 2 heterocycles. The molecular weight excluding hydrogens is 282 g/mol. The zero-order valence-corrected chi connectivity index (χ0v) is 12.5. The highest BCUT2D eigenvalue weighted by Crippen LogP contribution is 2.29. The Balaban J connectivity index is 1.62. The van der Waals surface area contributed by atoms with E-state index in [0.717, 1.165) is 24.0 Å². The second-order valence-corrected chi connectivity index (χ2v) is 5.69. The molecule has 3 rings (SSSR count). The van der Waals surface area contributed by atoms with Crippen LogP contribution in [0.3, 0.4) is 0 Å². The lowest BCUT2D eigenvalue weighted by molar-refractivity contribution is -0.140. The molecule has 2 atom stereocenters. The largest absolute Gasteiger partial charge is 0.452 e. The number of nitrogens with zero attached hydrogens (tertiary/aromatic N) is 1. The second-order valence-electron chi connectivity index (χ2n) is 5.69. The number of carbonyl (C=O) groups is 2. The number of esters is 1. The maximum Gasteiger partial charge on any atom is 0.410 e. The maximum absolute atomic E-state index is 12.3. The van der Waals surface area contributed by atoms with Crippen molar-refractivity contribution >= 4 is 12.1 Å². The topological polar surface area (TPSA) is 55.8 Å². The Kier molecular flexibility index (Phi) is 4.13. The number of ether oxygens (including phenoxy) is 2. The molecule has 0 radical (unpaired) electrons. The minimum Gasteiger partial charge on any atom is -0.452 e. The number of benzene rings is 1. The molecule has 0 aliphatic carbocycles. The van der Waals surface area contributed by atoms with Crippen molar-refractivity contribution in [1.82, 2.24) is 4.90 Å². The Labute approximate surface area is 129 Å². The summed E-state index contributed by atoms with van der Waals surface area (Å²) in [5, 5.41) is 0. The number of hydrogen-bond donors (Lipinski definition) is 0. The lowest BCUT2D eigenvalue weighted by Gasteiger charge is -2.28. The molecule has 1 saturated heterocycles. The molecule has 2 aliphatic heterocycles. The second kappa shape index (κ2) is 6.22. The normalized spacial score (nSPS) is 24.1. The van der Waals surface area contributed by atoms with Gasteiger partial charge in [0.1, 0.15) is 12.7 Å². The Morgan fingerprint density at radius 2 is 2.14 bits per heavy atom. The van der Waals surface area contributed by atoms with Crippen LogP contribution in [0.5, 0.6) is 0 Å². The van der Waals surface area contributed by atoms with E-state index >= 15 is 0 Å². The maximum atomic E-state index is 12.3. The summed E-state index contributed by atoms with van der Waals surface area (Å²) in [4.78, 5) is 25.4. The van der Waals surface area contributed by atoms with E-state index in [-0.39, 0.29) is 30.8 Å². The van der Waals surface area contributed by atoms with Crippen LogP contribution in [0.2, 0.25) is 0 Å². The van der Waals surface area contributed by atoms with Gasteiger partial charge in [-0.25, -0.2) is 9.59 Å². The zero-order valence-electron chi connectivity index (χ0n) is 12.5. The standard InChI is InChI=1S/C17H19NO4/c1-12-10-15(19)22-16(12)14-8-5-9-18(14)17(20)21-11-13-6-3-2-4-7-13/h2-4,6-7,10,14,16H,5,8-9,11H2,1H3/t14-,16+/m1/s1. The Hall–Kier alpha value is -2.30. The molecule has 0 spiro atoms. The molecular formula is C17H19NO4. The van der Waals surface area contributed by atoms with Gasteiger partial charge in [-0.3, -0.25) is 0 Å². The number of carbonyl (C=O) groups excluding carboxylic acids is 2. The van der Waals surface area contributed by atoms with Crippen LogP contribution in [0.1, 0.15) is 25.3 Å². The summed E-state index contributed by atoms with van der Waals surface area (Å²) in [6, 6.07) is 9.46. The quantitative estimate of drug-likeness (QED) is 0.805. The molecule has 0 bridgehead atoms. The van der Waals surface area contributed by atoms with Crippen LogP contribution >= 0.6 is 0 Å². The molecule has 116 valence electrons. The van der Waals surface area contributed by atoms with Gasteiger partial charge < -0.3 is 14.4 Å². The number of amides is 1. The van der Waals surface area contributed by atoms with E-state index in [1.807, 2.05) is 37.3 Å². The number of rotatable bonds is 3. The van der Waals surface area contributed by atoms with Gasteiger partial charge in [0.2, 0.25) is 0 Å². The summed E-state index contributed by atoms with van der Waals surface area (Å²) in [7, 11) is 0. The SMILES string of the molecule is CC1=CC(=O)O[C@@H]1[C@H]1CCCN1C(=O)OCc1ccccc1. The van der Waals surface area contributed by atoms with E-state index in [9.17, 15) is 9.59 Å². The molecule has 1 aromatic rings. The first kappa shape index (κ1) is 14.6. The van der Waals surface area contributed by atoms with Gasteiger partial charge in [0.25, 0.3) is 0 Å². The van der Waals surface area contributed by atoms with Gasteiger partial charge in [0.05, 0.1) is 6.04 Å². The summed E-state index contributed by atoms with van der Waals surface area (Å²) in [6.45, 7) is 2.75. The molecule has 1 amide bonds. The van der Waals surface area contributed by atoms with Gasteiger partial charge in [0.15, 0.2) is 0 Å². The van der Waals surface area contributed by atoms with Gasteiger partial charge in [-0.2, -0.15) is 0 Å². The highest BCUT2D eigenvalue weighted by molar-refractivity contribution is 5.86. The summed E-state index contributed by atoms with van der Waals surface area (Å²) in [5.74, 6) is -0.327. The van der Waals surface area contributed by atoms with Crippen molar-refractivity contribution in [2.24, 2.45) is 0 Å². The van der Waals surface area contributed by atoms with Crippen LogP contribution in [-0.4, -0.2) is 35.7 Å². The van der Waals surface area contributed by atoms with Crippen molar-refractivity contribution in [2.45, 2.75) is 38.5 Å². The fraction of sp³-hybridized carbons (Fsp3) is 0.412. The predicted molar refractivity (Wildman–Crippen MR) is 80.0 cm³/mol. The smallest absolute Gasteiger partial charge is 0.410 e. The molecule has 0 unspecified atom stereocenters. The van der Waals surface area contributed by atoms with Crippen LogP contribution in [0.4, 0.5) is 4.79 Å². The van der Waals surface area contributed by atoms with Crippen molar-refractivity contribution in [3.05, 3.63) is 47.5 Å². The predicted octanol–water partition coefficient (Wildman–Crippen LogP) is 2.66. The average molecular weight is 301 g/mol. The van der Waals surface area contributed by atoms with E-state index < -0.39 is 0 Å². The van der Waals surface area contributed by atoms with Crippen LogP contribution in [-0.2, 0) is 20.9 Å². The van der Waals surface area contributed by atoms with Gasteiger partial charge in [-0.05, 0) is 30.9 Å². The number of cyclic esters (lactones) is 1. The third kappa shape index (κ3) is 2.98. The molecule has 0 aromatic heterocycles. The molecule has 2 aliphatic rings. The third-order valence-electron chi connectivity index (χ3n) is 4.13. The van der Waals surface area contributed by atoms with Crippen molar-refractivity contribution in [3.8, 4) is 0 Å². The van der Waals surface area contributed by atoms with Crippen molar-refractivity contribution in [1.29, 1.82) is 0 Å². The van der Waals surface area contributed by atoms with Crippen molar-refractivity contribution < 1.29 is 19.1 Å². The summed E-state index contributed by atoms with van der Waals surface area (Å²) >= 11 is 0. The van der Waals surface area contributed by atoms with E-state index in [1.165, 1.54) is 6.08 Å². The lowest BCUT2D eigenvalue weighted by Crippen LogP contribution is -2.43. The van der Waals surface area contributed by atoms with Crippen LogP contribution in [0, 0.1) is 0 Å². The average Bonchev–Trinajstić information content (AvgIpc) is 3.12. The molecule has 22 heavy (non-hydrogen) atoms. The van der Waals surface area contributed by atoms with Crippen LogP contribution < -0.4 is 0 Å². The molecule has 1 fully saturated rings. The lowest BCUT2D eigenvalue weighted by atomic mass is 10.0. The third-order valence-corrected chi connectivity index (χ3v) is 4.13. The van der Waals surface area contributed by atoms with Crippen molar-refractivity contribution in [3.63, 3.8) is 0 Å². The van der Waals surface area contributed by atoms with Gasteiger partial charge in [-0.1, -0.05) is 30.3 Å². The Bertz CT molecular complexity index is 596. The van der Waals surface area contributed by atoms with E-state index in [1.54, 1.807) is 4.90 Å². The fourth-order valence-corrected chi connectivity index (χ4v) is 3.04. The fourth-order valence-electron chi connectivity index (χ4n) is 3.04. The molecule has 0 N–H and O–H groups in total. The summed E-state index contributed by atoms with van der Waals surface area (Å²) < 4.78 is 10.7. The first-order valence-corrected chi connectivity index (χ1v) is 7.51. The monoisotopic (exact) mass is 301 g/mol. The van der Waals surface area contributed by atoms with E-state index in [2.05, 4.69) is 0 Å². The number of likely N-dealkylation sites (tertiary alicyclic amines) is 1. The van der Waals surface area contributed by atoms with Crippen LogP contribution in [0.25, 0.3) is 0 Å². The van der Waals surface area contributed by atoms with Gasteiger partial charge in [0, 0.05) is 12.6 Å². The molecule has 0 saturated carbocycles. The van der Waals surface area contributed by atoms with E-state index in [0.29, 0.717) is 6.54 Å². The molecule has 1 aromatic carbocycles. The number of hydrogen-bond acceptors (Lipinski definition) is 4. The van der Waals surface area contributed by atoms with Crippen molar-refractivity contribution in [2.75, 3.05) is 6.54 Å². The summed E-state index contributed by atoms with van der Waals surface area (Å²) in [5.41, 5.74) is 1.83. The van der Waals surface area contributed by atoms with Gasteiger partial charge in [-0.15, -0.1) is 0 Å². The Morgan fingerprint density at radius 3 is 2.82 bits per heavy atom. The van der Waals surface area contributed by atoms with Crippen LogP contribution in [0.15, 0.2) is 42.0 Å². The first-order chi connectivity index (χ1) is 10.6. The minimum absolute atomic E-state index is 0.119. The van der Waals surface area contributed by atoms with Gasteiger partial charge >= 0.3 is 12.1 Å².